The Kier molecular flexibility index (Phi) is 3.48. The summed E-state index contributed by atoms with van der Waals surface area (Å²) < 4.78 is 6.12. The van der Waals surface area contributed by atoms with E-state index in [1.54, 1.807) is 6.20 Å². The van der Waals surface area contributed by atoms with Gasteiger partial charge in [0.1, 0.15) is 5.82 Å². The van der Waals surface area contributed by atoms with Crippen LogP contribution in [0.3, 0.4) is 0 Å². The van der Waals surface area contributed by atoms with E-state index in [2.05, 4.69) is 11.1 Å². The number of thioether (sulfide) groups is 1. The van der Waals surface area contributed by atoms with Gasteiger partial charge in [0.05, 0.1) is 5.60 Å². The van der Waals surface area contributed by atoms with Crippen LogP contribution in [0.2, 0.25) is 0 Å². The molecule has 0 bridgehead atoms. The molecule has 18 heavy (non-hydrogen) atoms. The van der Waals surface area contributed by atoms with E-state index in [-0.39, 0.29) is 5.60 Å². The smallest absolute Gasteiger partial charge is 0.126 e. The summed E-state index contributed by atoms with van der Waals surface area (Å²) in [6.45, 7) is 0.865. The first-order valence-corrected chi connectivity index (χ1v) is 7.87. The van der Waals surface area contributed by atoms with Crippen molar-refractivity contribution in [2.75, 3.05) is 23.8 Å². The quantitative estimate of drug-likeness (QED) is 0.847. The summed E-state index contributed by atoms with van der Waals surface area (Å²) in [5.41, 5.74) is 7.36. The first-order valence-electron chi connectivity index (χ1n) is 6.71. The highest BCUT2D eigenvalue weighted by molar-refractivity contribution is 7.99. The second-order valence-corrected chi connectivity index (χ2v) is 6.54. The minimum Gasteiger partial charge on any atom is -0.383 e. The van der Waals surface area contributed by atoms with Gasteiger partial charge < -0.3 is 10.5 Å². The van der Waals surface area contributed by atoms with Crippen molar-refractivity contribution >= 4 is 17.6 Å². The van der Waals surface area contributed by atoms with Gasteiger partial charge in [0.25, 0.3) is 0 Å². The lowest BCUT2D eigenvalue weighted by molar-refractivity contribution is -0.0901. The van der Waals surface area contributed by atoms with E-state index >= 15 is 0 Å². The number of nitrogens with two attached hydrogens (primary N) is 1. The molecule has 0 aliphatic carbocycles. The normalized spacial score (nSPS) is 27.2. The zero-order valence-electron chi connectivity index (χ0n) is 10.6. The highest BCUT2D eigenvalue weighted by atomic mass is 32.2. The fourth-order valence-corrected chi connectivity index (χ4v) is 4.40. The van der Waals surface area contributed by atoms with Crippen molar-refractivity contribution in [2.45, 2.75) is 37.2 Å². The second kappa shape index (κ2) is 5.10. The van der Waals surface area contributed by atoms with Gasteiger partial charge >= 0.3 is 0 Å². The molecule has 1 spiro atoms. The lowest BCUT2D eigenvalue weighted by Crippen LogP contribution is -2.42. The molecule has 2 fully saturated rings. The van der Waals surface area contributed by atoms with Crippen molar-refractivity contribution in [2.24, 2.45) is 0 Å². The second-order valence-electron chi connectivity index (χ2n) is 5.31. The first kappa shape index (κ1) is 12.3. The monoisotopic (exact) mass is 264 g/mol. The summed E-state index contributed by atoms with van der Waals surface area (Å²) in [7, 11) is 0. The van der Waals surface area contributed by atoms with Gasteiger partial charge in [-0.25, -0.2) is 4.98 Å². The molecule has 1 aromatic heterocycles. The molecule has 98 valence electrons. The highest BCUT2D eigenvalue weighted by Gasteiger charge is 2.39. The summed E-state index contributed by atoms with van der Waals surface area (Å²) in [5, 5.41) is 0. The molecule has 3 nitrogen and oxygen atoms in total. The van der Waals surface area contributed by atoms with Crippen LogP contribution in [0.5, 0.6) is 0 Å². The molecule has 1 atom stereocenters. The SMILES string of the molecule is Nc1ncccc1C1CCOC2(CCSCC2)C1. The lowest BCUT2D eigenvalue weighted by atomic mass is 9.79. The summed E-state index contributed by atoms with van der Waals surface area (Å²) >= 11 is 2.05. The van der Waals surface area contributed by atoms with Crippen LogP contribution < -0.4 is 5.73 Å². The van der Waals surface area contributed by atoms with E-state index in [1.165, 1.54) is 29.9 Å². The largest absolute Gasteiger partial charge is 0.383 e. The average Bonchev–Trinajstić information content (AvgIpc) is 2.40. The molecule has 2 N–H and O–H groups in total. The van der Waals surface area contributed by atoms with Crippen molar-refractivity contribution in [3.63, 3.8) is 0 Å². The molecule has 0 aromatic carbocycles. The maximum Gasteiger partial charge on any atom is 0.126 e. The van der Waals surface area contributed by atoms with Gasteiger partial charge in [-0.2, -0.15) is 11.8 Å². The maximum absolute atomic E-state index is 6.12. The number of pyridine rings is 1. The Balaban J connectivity index is 1.80. The minimum atomic E-state index is 0.121. The standard InChI is InChI=1S/C14H20N2OS/c15-13-12(2-1-6-16-13)11-3-7-17-14(10-11)4-8-18-9-5-14/h1-2,6,11H,3-5,7-10H2,(H2,15,16). The van der Waals surface area contributed by atoms with Gasteiger partial charge in [0, 0.05) is 12.8 Å². The number of hydrogen-bond donors (Lipinski definition) is 1. The van der Waals surface area contributed by atoms with Gasteiger partial charge in [-0.1, -0.05) is 6.07 Å². The fraction of sp³-hybridized carbons (Fsp3) is 0.643. The van der Waals surface area contributed by atoms with Crippen LogP contribution in [-0.2, 0) is 4.74 Å². The van der Waals surface area contributed by atoms with Gasteiger partial charge in [0.2, 0.25) is 0 Å². The van der Waals surface area contributed by atoms with Crippen LogP contribution in [0, 0.1) is 0 Å². The molecule has 2 aliphatic rings. The summed E-state index contributed by atoms with van der Waals surface area (Å²) in [5.74, 6) is 3.69. The van der Waals surface area contributed by atoms with Crippen LogP contribution in [0.15, 0.2) is 18.3 Å². The number of hydrogen-bond acceptors (Lipinski definition) is 4. The number of aromatic nitrogens is 1. The molecule has 2 aliphatic heterocycles. The Bertz CT molecular complexity index is 413. The van der Waals surface area contributed by atoms with Crippen LogP contribution in [0.1, 0.15) is 37.2 Å². The zero-order valence-corrected chi connectivity index (χ0v) is 11.4. The average molecular weight is 264 g/mol. The third-order valence-electron chi connectivity index (χ3n) is 4.21. The van der Waals surface area contributed by atoms with E-state index in [0.717, 1.165) is 19.4 Å². The number of nitrogens with zero attached hydrogens (tertiary/aromatic N) is 1. The van der Waals surface area contributed by atoms with Gasteiger partial charge in [-0.05, 0) is 54.7 Å². The Hall–Kier alpha value is -0.740. The van der Waals surface area contributed by atoms with Crippen LogP contribution >= 0.6 is 11.8 Å². The molecule has 4 heteroatoms. The van der Waals surface area contributed by atoms with Crippen LogP contribution in [0.25, 0.3) is 0 Å². The maximum atomic E-state index is 6.12. The summed E-state index contributed by atoms with van der Waals surface area (Å²) in [6.07, 6.45) is 6.34. The fourth-order valence-electron chi connectivity index (χ4n) is 3.16. The van der Waals surface area contributed by atoms with Gasteiger partial charge in [-0.3, -0.25) is 0 Å². The molecule has 2 saturated heterocycles. The molecule has 3 rings (SSSR count). The zero-order chi connectivity index (χ0) is 12.4. The van der Waals surface area contributed by atoms with Gasteiger partial charge in [0.15, 0.2) is 0 Å². The van der Waals surface area contributed by atoms with Gasteiger partial charge in [-0.15, -0.1) is 0 Å². The first-order chi connectivity index (χ1) is 8.79. The third kappa shape index (κ3) is 2.36. The Morgan fingerprint density at radius 3 is 3.00 bits per heavy atom. The molecule has 0 saturated carbocycles. The lowest BCUT2D eigenvalue weighted by Gasteiger charge is -2.43. The topological polar surface area (TPSA) is 48.1 Å². The number of ether oxygens (including phenoxy) is 1. The number of anilines is 1. The van der Waals surface area contributed by atoms with E-state index in [4.69, 9.17) is 10.5 Å². The molecule has 3 heterocycles. The molecule has 1 aromatic rings. The minimum absolute atomic E-state index is 0.121. The molecular formula is C14H20N2OS. The molecule has 0 radical (unpaired) electrons. The van der Waals surface area contributed by atoms with Crippen molar-refractivity contribution < 1.29 is 4.74 Å². The van der Waals surface area contributed by atoms with Crippen LogP contribution in [-0.4, -0.2) is 28.7 Å². The van der Waals surface area contributed by atoms with Crippen LogP contribution in [0.4, 0.5) is 5.82 Å². The van der Waals surface area contributed by atoms with Crippen molar-refractivity contribution in [1.82, 2.24) is 4.98 Å². The highest BCUT2D eigenvalue weighted by Crippen LogP contribution is 2.43. The molecular weight excluding hydrogens is 244 g/mol. The number of rotatable bonds is 1. The van der Waals surface area contributed by atoms with E-state index < -0.39 is 0 Å². The number of nitrogen functional groups attached to an aromatic ring is 1. The van der Waals surface area contributed by atoms with E-state index in [9.17, 15) is 0 Å². The predicted octanol–water partition coefficient (Wildman–Crippen LogP) is 2.82. The Morgan fingerprint density at radius 2 is 2.22 bits per heavy atom. The predicted molar refractivity (Wildman–Crippen MR) is 75.9 cm³/mol. The summed E-state index contributed by atoms with van der Waals surface area (Å²) in [6, 6.07) is 4.12. The Labute approximate surface area is 113 Å². The van der Waals surface area contributed by atoms with Crippen molar-refractivity contribution in [3.05, 3.63) is 23.9 Å². The van der Waals surface area contributed by atoms with Crippen molar-refractivity contribution in [1.29, 1.82) is 0 Å². The Morgan fingerprint density at radius 1 is 1.39 bits per heavy atom. The third-order valence-corrected chi connectivity index (χ3v) is 5.19. The molecule has 1 unspecified atom stereocenters. The summed E-state index contributed by atoms with van der Waals surface area (Å²) in [4.78, 5) is 4.22. The van der Waals surface area contributed by atoms with E-state index in [0.29, 0.717) is 11.7 Å². The van der Waals surface area contributed by atoms with Crippen molar-refractivity contribution in [3.8, 4) is 0 Å². The van der Waals surface area contributed by atoms with E-state index in [1.807, 2.05) is 17.8 Å². The molecule has 0 amide bonds.